The number of aliphatic hydroxyl groups is 1. The Kier molecular flexibility index (Phi) is 3.88. The Bertz CT molecular complexity index is 226. The molecule has 2 saturated carbocycles. The first-order valence-electron chi connectivity index (χ1n) is 6.72. The maximum absolute atomic E-state index is 9.47. The van der Waals surface area contributed by atoms with Crippen molar-refractivity contribution in [3.8, 4) is 0 Å². The van der Waals surface area contributed by atoms with E-state index in [4.69, 9.17) is 0 Å². The number of aliphatic hydroxyl groups excluding tert-OH is 1. The van der Waals surface area contributed by atoms with Gasteiger partial charge in [0.1, 0.15) is 0 Å². The molecular formula is C13H26N2O. The van der Waals surface area contributed by atoms with Gasteiger partial charge in [0.15, 0.2) is 0 Å². The van der Waals surface area contributed by atoms with E-state index in [-0.39, 0.29) is 12.1 Å². The lowest BCUT2D eigenvalue weighted by Crippen LogP contribution is -2.47. The van der Waals surface area contributed by atoms with Crippen LogP contribution in [0.1, 0.15) is 45.4 Å². The minimum atomic E-state index is -0.0500. The SMILES string of the molecule is CN(CCCC(C)(CO)NC1CC1)C1CC1. The van der Waals surface area contributed by atoms with Crippen molar-refractivity contribution in [3.63, 3.8) is 0 Å². The van der Waals surface area contributed by atoms with Gasteiger partial charge in [-0.15, -0.1) is 0 Å². The van der Waals surface area contributed by atoms with E-state index in [0.717, 1.165) is 12.5 Å². The maximum atomic E-state index is 9.47. The molecule has 0 heterocycles. The summed E-state index contributed by atoms with van der Waals surface area (Å²) >= 11 is 0. The molecule has 2 N–H and O–H groups in total. The fraction of sp³-hybridized carbons (Fsp3) is 1.00. The molecule has 0 radical (unpaired) electrons. The third-order valence-electron chi connectivity index (χ3n) is 3.89. The summed E-state index contributed by atoms with van der Waals surface area (Å²) in [6, 6.07) is 1.54. The van der Waals surface area contributed by atoms with Crippen LogP contribution in [0.2, 0.25) is 0 Å². The third-order valence-corrected chi connectivity index (χ3v) is 3.89. The summed E-state index contributed by atoms with van der Waals surface area (Å²) in [7, 11) is 2.22. The Balaban J connectivity index is 1.64. The van der Waals surface area contributed by atoms with Gasteiger partial charge in [-0.05, 0) is 59.0 Å². The number of rotatable bonds is 8. The molecule has 3 heteroatoms. The standard InChI is InChI=1S/C13H26N2O/c1-13(10-16,14-11-4-5-11)8-3-9-15(2)12-6-7-12/h11-12,14,16H,3-10H2,1-2H3. The first kappa shape index (κ1) is 12.3. The first-order valence-corrected chi connectivity index (χ1v) is 6.72. The summed E-state index contributed by atoms with van der Waals surface area (Å²) in [5.74, 6) is 0. The van der Waals surface area contributed by atoms with Gasteiger partial charge in [-0.2, -0.15) is 0 Å². The Hall–Kier alpha value is -0.120. The van der Waals surface area contributed by atoms with Crippen LogP contribution in [0.25, 0.3) is 0 Å². The van der Waals surface area contributed by atoms with Crippen LogP contribution in [0.5, 0.6) is 0 Å². The van der Waals surface area contributed by atoms with Gasteiger partial charge in [-0.1, -0.05) is 0 Å². The van der Waals surface area contributed by atoms with Crippen LogP contribution < -0.4 is 5.32 Å². The number of hydrogen-bond acceptors (Lipinski definition) is 3. The topological polar surface area (TPSA) is 35.5 Å². The van der Waals surface area contributed by atoms with Gasteiger partial charge in [0, 0.05) is 17.6 Å². The summed E-state index contributed by atoms with van der Waals surface area (Å²) in [4.78, 5) is 2.47. The van der Waals surface area contributed by atoms with Gasteiger partial charge in [0.25, 0.3) is 0 Å². The monoisotopic (exact) mass is 226 g/mol. The molecule has 0 spiro atoms. The average Bonchev–Trinajstić information content (AvgIpc) is 3.11. The second-order valence-electron chi connectivity index (χ2n) is 5.95. The molecule has 0 bridgehead atoms. The Morgan fingerprint density at radius 2 is 2.00 bits per heavy atom. The third kappa shape index (κ3) is 3.72. The molecule has 2 fully saturated rings. The second-order valence-corrected chi connectivity index (χ2v) is 5.95. The molecule has 0 aliphatic heterocycles. The predicted octanol–water partition coefficient (Wildman–Crippen LogP) is 1.36. The van der Waals surface area contributed by atoms with E-state index < -0.39 is 0 Å². The summed E-state index contributed by atoms with van der Waals surface area (Å²) in [5, 5.41) is 13.0. The zero-order chi connectivity index (χ0) is 11.6. The Morgan fingerprint density at radius 1 is 1.31 bits per heavy atom. The highest BCUT2D eigenvalue weighted by atomic mass is 16.3. The normalized spacial score (nSPS) is 24.8. The van der Waals surface area contributed by atoms with E-state index >= 15 is 0 Å². The number of nitrogens with zero attached hydrogens (tertiary/aromatic N) is 1. The van der Waals surface area contributed by atoms with Gasteiger partial charge < -0.3 is 15.3 Å². The highest BCUT2D eigenvalue weighted by Crippen LogP contribution is 2.27. The smallest absolute Gasteiger partial charge is 0.0610 e. The molecule has 3 nitrogen and oxygen atoms in total. The second kappa shape index (κ2) is 5.03. The van der Waals surface area contributed by atoms with Crippen LogP contribution in [0, 0.1) is 0 Å². The van der Waals surface area contributed by atoms with Crippen molar-refractivity contribution in [3.05, 3.63) is 0 Å². The first-order chi connectivity index (χ1) is 7.63. The summed E-state index contributed by atoms with van der Waals surface area (Å²) in [6.45, 7) is 3.59. The van der Waals surface area contributed by atoms with Crippen molar-refractivity contribution in [1.82, 2.24) is 10.2 Å². The molecule has 1 atom stereocenters. The summed E-state index contributed by atoms with van der Waals surface area (Å²) < 4.78 is 0. The zero-order valence-electron chi connectivity index (χ0n) is 10.7. The minimum absolute atomic E-state index is 0.0500. The van der Waals surface area contributed by atoms with E-state index in [9.17, 15) is 5.11 Å². The largest absolute Gasteiger partial charge is 0.394 e. The average molecular weight is 226 g/mol. The predicted molar refractivity (Wildman–Crippen MR) is 66.5 cm³/mol. The van der Waals surface area contributed by atoms with Crippen molar-refractivity contribution < 1.29 is 5.11 Å². The highest BCUT2D eigenvalue weighted by Gasteiger charge is 2.32. The molecule has 1 unspecified atom stereocenters. The fourth-order valence-electron chi connectivity index (χ4n) is 2.33. The lowest BCUT2D eigenvalue weighted by Gasteiger charge is -2.30. The van der Waals surface area contributed by atoms with Crippen molar-refractivity contribution in [2.24, 2.45) is 0 Å². The molecule has 0 aromatic rings. The molecule has 16 heavy (non-hydrogen) atoms. The van der Waals surface area contributed by atoms with Gasteiger partial charge in [0.05, 0.1) is 6.61 Å². The van der Waals surface area contributed by atoms with Crippen molar-refractivity contribution >= 4 is 0 Å². The van der Waals surface area contributed by atoms with Gasteiger partial charge in [-0.25, -0.2) is 0 Å². The van der Waals surface area contributed by atoms with Crippen LogP contribution in [0.4, 0.5) is 0 Å². The van der Waals surface area contributed by atoms with Crippen LogP contribution >= 0.6 is 0 Å². The molecule has 94 valence electrons. The molecular weight excluding hydrogens is 200 g/mol. The molecule has 2 aliphatic carbocycles. The van der Waals surface area contributed by atoms with E-state index in [1.807, 2.05) is 0 Å². The Morgan fingerprint density at radius 3 is 2.50 bits per heavy atom. The molecule has 2 aliphatic rings. The Labute approximate surface area is 99.2 Å². The number of hydrogen-bond donors (Lipinski definition) is 2. The summed E-state index contributed by atoms with van der Waals surface area (Å²) in [6.07, 6.45) is 7.61. The van der Waals surface area contributed by atoms with Crippen LogP contribution in [-0.4, -0.2) is 47.8 Å². The quantitative estimate of drug-likeness (QED) is 0.656. The van der Waals surface area contributed by atoms with Crippen LogP contribution in [0.3, 0.4) is 0 Å². The van der Waals surface area contributed by atoms with Crippen molar-refractivity contribution in [2.75, 3.05) is 20.2 Å². The number of nitrogens with one attached hydrogen (secondary N) is 1. The van der Waals surface area contributed by atoms with Crippen LogP contribution in [0.15, 0.2) is 0 Å². The highest BCUT2D eigenvalue weighted by molar-refractivity contribution is 4.92. The zero-order valence-corrected chi connectivity index (χ0v) is 10.7. The molecule has 0 aromatic heterocycles. The molecule has 0 amide bonds. The van der Waals surface area contributed by atoms with Gasteiger partial charge >= 0.3 is 0 Å². The lowest BCUT2D eigenvalue weighted by molar-refractivity contribution is 0.156. The van der Waals surface area contributed by atoms with Crippen molar-refractivity contribution in [1.29, 1.82) is 0 Å². The fourth-order valence-corrected chi connectivity index (χ4v) is 2.33. The molecule has 0 aromatic carbocycles. The van der Waals surface area contributed by atoms with Crippen molar-refractivity contribution in [2.45, 2.75) is 63.1 Å². The molecule has 2 rings (SSSR count). The summed E-state index contributed by atoms with van der Waals surface area (Å²) in [5.41, 5.74) is -0.0500. The minimum Gasteiger partial charge on any atom is -0.394 e. The van der Waals surface area contributed by atoms with E-state index in [1.54, 1.807) is 0 Å². The van der Waals surface area contributed by atoms with E-state index in [2.05, 4.69) is 24.2 Å². The van der Waals surface area contributed by atoms with Gasteiger partial charge in [-0.3, -0.25) is 0 Å². The van der Waals surface area contributed by atoms with Gasteiger partial charge in [0.2, 0.25) is 0 Å². The van der Waals surface area contributed by atoms with E-state index in [0.29, 0.717) is 6.04 Å². The lowest BCUT2D eigenvalue weighted by atomic mass is 9.96. The van der Waals surface area contributed by atoms with E-state index in [1.165, 1.54) is 38.6 Å². The maximum Gasteiger partial charge on any atom is 0.0610 e. The van der Waals surface area contributed by atoms with Crippen LogP contribution in [-0.2, 0) is 0 Å². The molecule has 0 saturated heterocycles.